The molecule has 0 amide bonds. The molecule has 5 heteroatoms. The van der Waals surface area contributed by atoms with Crippen molar-refractivity contribution in [3.05, 3.63) is 62.8 Å². The van der Waals surface area contributed by atoms with Gasteiger partial charge in [-0.25, -0.2) is 4.39 Å². The van der Waals surface area contributed by atoms with Gasteiger partial charge in [0.15, 0.2) is 0 Å². The van der Waals surface area contributed by atoms with Gasteiger partial charge in [0.2, 0.25) is 0 Å². The third kappa shape index (κ3) is 4.43. The quantitative estimate of drug-likeness (QED) is 0.617. The molecule has 2 aromatic carbocycles. The molecule has 0 atom stereocenters. The van der Waals surface area contributed by atoms with E-state index in [1.54, 1.807) is 6.07 Å². The number of ketones is 1. The summed E-state index contributed by atoms with van der Waals surface area (Å²) in [5.74, 6) is 0.195. The molecular weight excluding hydrogens is 407 g/mol. The first kappa shape index (κ1) is 15.7. The van der Waals surface area contributed by atoms with Gasteiger partial charge in [-0.05, 0) is 45.8 Å². The van der Waals surface area contributed by atoms with Gasteiger partial charge in [-0.15, -0.1) is 11.8 Å². The molecule has 104 valence electrons. The minimum atomic E-state index is -0.310. The van der Waals surface area contributed by atoms with E-state index in [2.05, 4.69) is 31.9 Å². The van der Waals surface area contributed by atoms with Crippen LogP contribution in [0, 0.1) is 5.82 Å². The zero-order valence-electron chi connectivity index (χ0n) is 10.4. The Morgan fingerprint density at radius 2 is 1.85 bits per heavy atom. The molecule has 0 saturated heterocycles. The third-order valence-corrected chi connectivity index (χ3v) is 5.45. The minimum Gasteiger partial charge on any atom is -0.298 e. The number of hydrogen-bond donors (Lipinski definition) is 0. The number of rotatable bonds is 5. The predicted molar refractivity (Wildman–Crippen MR) is 87.7 cm³/mol. The van der Waals surface area contributed by atoms with Crippen LogP contribution in [0.2, 0.25) is 0 Å². The molecule has 0 fully saturated rings. The first-order valence-electron chi connectivity index (χ1n) is 5.89. The lowest BCUT2D eigenvalue weighted by Gasteiger charge is -2.05. The summed E-state index contributed by atoms with van der Waals surface area (Å²) >= 11 is 8.23. The Balaban J connectivity index is 1.94. The summed E-state index contributed by atoms with van der Waals surface area (Å²) in [6, 6.07) is 12.2. The maximum Gasteiger partial charge on any atom is 0.147 e. The molecule has 0 radical (unpaired) electrons. The van der Waals surface area contributed by atoms with Crippen molar-refractivity contribution in [2.24, 2.45) is 0 Å². The molecule has 0 aromatic heterocycles. The Kier molecular flexibility index (Phi) is 5.81. The number of carbonyl (C=O) groups excluding carboxylic acids is 1. The Hall–Kier alpha value is -0.650. The Morgan fingerprint density at radius 1 is 1.10 bits per heavy atom. The fourth-order valence-corrected chi connectivity index (χ4v) is 3.57. The monoisotopic (exact) mass is 416 g/mol. The summed E-state index contributed by atoms with van der Waals surface area (Å²) in [6.07, 6.45) is 0.304. The lowest BCUT2D eigenvalue weighted by Crippen LogP contribution is -2.06. The number of thioether (sulfide) groups is 1. The molecular formula is C15H11Br2FOS. The van der Waals surface area contributed by atoms with Crippen LogP contribution in [-0.2, 0) is 11.2 Å². The van der Waals surface area contributed by atoms with E-state index in [4.69, 9.17) is 0 Å². The van der Waals surface area contributed by atoms with E-state index in [0.717, 1.165) is 14.9 Å². The van der Waals surface area contributed by atoms with Gasteiger partial charge >= 0.3 is 0 Å². The van der Waals surface area contributed by atoms with Crippen LogP contribution in [0.15, 0.2) is 56.3 Å². The predicted octanol–water partition coefficient (Wildman–Crippen LogP) is 5.25. The first-order chi connectivity index (χ1) is 9.56. The van der Waals surface area contributed by atoms with Crippen molar-refractivity contribution in [2.45, 2.75) is 11.3 Å². The second-order valence-corrected chi connectivity index (χ2v) is 6.90. The molecule has 0 aliphatic heterocycles. The zero-order chi connectivity index (χ0) is 14.5. The highest BCUT2D eigenvalue weighted by molar-refractivity contribution is 9.10. The smallest absolute Gasteiger partial charge is 0.147 e. The summed E-state index contributed by atoms with van der Waals surface area (Å²) < 4.78 is 14.6. The van der Waals surface area contributed by atoms with Gasteiger partial charge in [-0.2, -0.15) is 0 Å². The lowest BCUT2D eigenvalue weighted by molar-refractivity contribution is -0.116. The van der Waals surface area contributed by atoms with Gasteiger partial charge in [-0.3, -0.25) is 4.79 Å². The molecule has 0 spiro atoms. The van der Waals surface area contributed by atoms with E-state index < -0.39 is 0 Å². The fourth-order valence-electron chi connectivity index (χ4n) is 1.65. The maximum atomic E-state index is 13.0. The average Bonchev–Trinajstić information content (AvgIpc) is 2.41. The van der Waals surface area contributed by atoms with Gasteiger partial charge in [-0.1, -0.05) is 34.1 Å². The number of carbonyl (C=O) groups is 1. The molecule has 20 heavy (non-hydrogen) atoms. The van der Waals surface area contributed by atoms with Gasteiger partial charge < -0.3 is 0 Å². The van der Waals surface area contributed by atoms with Gasteiger partial charge in [0.1, 0.15) is 11.6 Å². The summed E-state index contributed by atoms with van der Waals surface area (Å²) in [6.45, 7) is 0. The van der Waals surface area contributed by atoms with Crippen molar-refractivity contribution in [1.82, 2.24) is 0 Å². The third-order valence-electron chi connectivity index (χ3n) is 2.63. The molecule has 2 aromatic rings. The standard InChI is InChI=1S/C15H11Br2FOS/c16-13-3-1-2-4-15(13)20-9-12(19)7-10-5-6-11(18)8-14(10)17/h1-6,8H,7,9H2. The molecule has 0 heterocycles. The van der Waals surface area contributed by atoms with Crippen LogP contribution in [0.25, 0.3) is 0 Å². The highest BCUT2D eigenvalue weighted by Crippen LogP contribution is 2.27. The van der Waals surface area contributed by atoms with Crippen LogP contribution in [0.1, 0.15) is 5.56 Å². The summed E-state index contributed by atoms with van der Waals surface area (Å²) in [5, 5.41) is 0. The van der Waals surface area contributed by atoms with E-state index in [1.165, 1.54) is 23.9 Å². The van der Waals surface area contributed by atoms with Crippen molar-refractivity contribution < 1.29 is 9.18 Å². The number of hydrogen-bond acceptors (Lipinski definition) is 2. The van der Waals surface area contributed by atoms with Crippen molar-refractivity contribution in [3.8, 4) is 0 Å². The van der Waals surface area contributed by atoms with Gasteiger partial charge in [0, 0.05) is 20.3 Å². The number of halogens is 3. The summed E-state index contributed by atoms with van der Waals surface area (Å²) in [7, 11) is 0. The van der Waals surface area contributed by atoms with E-state index in [-0.39, 0.29) is 11.6 Å². The van der Waals surface area contributed by atoms with Crippen LogP contribution >= 0.6 is 43.6 Å². The van der Waals surface area contributed by atoms with Crippen molar-refractivity contribution in [1.29, 1.82) is 0 Å². The normalized spacial score (nSPS) is 10.6. The minimum absolute atomic E-state index is 0.109. The van der Waals surface area contributed by atoms with E-state index in [0.29, 0.717) is 16.6 Å². The Labute approximate surface area is 138 Å². The largest absolute Gasteiger partial charge is 0.298 e. The SMILES string of the molecule is O=C(CSc1ccccc1Br)Cc1ccc(F)cc1Br. The molecule has 0 N–H and O–H groups in total. The molecule has 2 rings (SSSR count). The highest BCUT2D eigenvalue weighted by atomic mass is 79.9. The molecule has 0 aliphatic carbocycles. The number of benzene rings is 2. The summed E-state index contributed by atoms with van der Waals surface area (Å²) in [4.78, 5) is 13.0. The maximum absolute atomic E-state index is 13.0. The second kappa shape index (κ2) is 7.38. The van der Waals surface area contributed by atoms with E-state index in [1.807, 2.05) is 24.3 Å². The lowest BCUT2D eigenvalue weighted by atomic mass is 10.1. The molecule has 0 aliphatic rings. The van der Waals surface area contributed by atoms with Crippen LogP contribution in [-0.4, -0.2) is 11.5 Å². The molecule has 0 unspecified atom stereocenters. The van der Waals surface area contributed by atoms with Crippen LogP contribution < -0.4 is 0 Å². The van der Waals surface area contributed by atoms with Gasteiger partial charge in [0.25, 0.3) is 0 Å². The topological polar surface area (TPSA) is 17.1 Å². The summed E-state index contributed by atoms with van der Waals surface area (Å²) in [5.41, 5.74) is 0.809. The van der Waals surface area contributed by atoms with Crippen LogP contribution in [0.3, 0.4) is 0 Å². The second-order valence-electron chi connectivity index (χ2n) is 4.17. The van der Waals surface area contributed by atoms with Gasteiger partial charge in [0.05, 0.1) is 5.75 Å². The Morgan fingerprint density at radius 3 is 2.55 bits per heavy atom. The van der Waals surface area contributed by atoms with Crippen LogP contribution in [0.4, 0.5) is 4.39 Å². The molecule has 1 nitrogen and oxygen atoms in total. The molecule has 0 bridgehead atoms. The number of Topliss-reactive ketones (excluding diaryl/α,β-unsaturated/α-hetero) is 1. The first-order valence-corrected chi connectivity index (χ1v) is 8.46. The average molecular weight is 418 g/mol. The molecule has 0 saturated carbocycles. The van der Waals surface area contributed by atoms with Crippen molar-refractivity contribution >= 4 is 49.4 Å². The van der Waals surface area contributed by atoms with Crippen LogP contribution in [0.5, 0.6) is 0 Å². The zero-order valence-corrected chi connectivity index (χ0v) is 14.4. The van der Waals surface area contributed by atoms with E-state index in [9.17, 15) is 9.18 Å². The highest BCUT2D eigenvalue weighted by Gasteiger charge is 2.09. The fraction of sp³-hybridized carbons (Fsp3) is 0.133. The van der Waals surface area contributed by atoms with Crippen molar-refractivity contribution in [3.63, 3.8) is 0 Å². The van der Waals surface area contributed by atoms with Crippen molar-refractivity contribution in [2.75, 3.05) is 5.75 Å². The van der Waals surface area contributed by atoms with E-state index >= 15 is 0 Å². The Bertz CT molecular complexity index is 631.